The fourth-order valence-corrected chi connectivity index (χ4v) is 1.62. The first-order chi connectivity index (χ1) is 8.29. The van der Waals surface area contributed by atoms with Gasteiger partial charge in [0.1, 0.15) is 0 Å². The van der Waals surface area contributed by atoms with Gasteiger partial charge in [-0.3, -0.25) is 4.79 Å². The van der Waals surface area contributed by atoms with Crippen LogP contribution in [0.15, 0.2) is 30.3 Å². The number of hydrogen-bond donors (Lipinski definition) is 1. The van der Waals surface area contributed by atoms with Crippen LogP contribution in [0.3, 0.4) is 0 Å². The third-order valence-electron chi connectivity index (χ3n) is 2.64. The van der Waals surface area contributed by atoms with Crippen molar-refractivity contribution in [3.05, 3.63) is 35.9 Å². The van der Waals surface area contributed by atoms with Crippen molar-refractivity contribution in [3.63, 3.8) is 0 Å². The fourth-order valence-electron chi connectivity index (χ4n) is 1.62. The predicted molar refractivity (Wildman–Crippen MR) is 62.8 cm³/mol. The lowest BCUT2D eigenvalue weighted by Crippen LogP contribution is -2.33. The van der Waals surface area contributed by atoms with Gasteiger partial charge >= 0.3 is 6.18 Å². The van der Waals surface area contributed by atoms with Crippen LogP contribution >= 0.6 is 0 Å². The fraction of sp³-hybridized carbons (Fsp3) is 0.462. The van der Waals surface area contributed by atoms with E-state index in [1.54, 1.807) is 6.92 Å². The summed E-state index contributed by atoms with van der Waals surface area (Å²) in [5.74, 6) is -1.65. The minimum Gasteiger partial charge on any atom is -0.349 e. The van der Waals surface area contributed by atoms with Gasteiger partial charge in [0.05, 0.1) is 12.5 Å². The first-order valence-corrected chi connectivity index (χ1v) is 5.71. The zero-order valence-electron chi connectivity index (χ0n) is 10.3. The van der Waals surface area contributed by atoms with Crippen molar-refractivity contribution in [2.75, 3.05) is 0 Å². The minimum atomic E-state index is -4.31. The van der Waals surface area contributed by atoms with E-state index < -0.39 is 24.4 Å². The highest BCUT2D eigenvalue weighted by Gasteiger charge is 2.33. The van der Waals surface area contributed by atoms with E-state index in [9.17, 15) is 18.0 Å². The van der Waals surface area contributed by atoms with Crippen LogP contribution in [-0.4, -0.2) is 12.1 Å². The summed E-state index contributed by atoms with van der Waals surface area (Å²) in [5, 5.41) is 2.58. The summed E-state index contributed by atoms with van der Waals surface area (Å²) >= 11 is 0. The van der Waals surface area contributed by atoms with Crippen molar-refractivity contribution in [1.29, 1.82) is 0 Å². The number of nitrogens with one attached hydrogen (secondary N) is 1. The van der Waals surface area contributed by atoms with E-state index in [0.29, 0.717) is 0 Å². The van der Waals surface area contributed by atoms with Crippen LogP contribution in [0.5, 0.6) is 0 Å². The minimum absolute atomic E-state index is 0.297. The lowest BCUT2D eigenvalue weighted by molar-refractivity contribution is -0.153. The van der Waals surface area contributed by atoms with Crippen LogP contribution in [-0.2, 0) is 4.79 Å². The third-order valence-corrected chi connectivity index (χ3v) is 2.64. The molecule has 0 fully saturated rings. The zero-order valence-corrected chi connectivity index (χ0v) is 10.3. The van der Waals surface area contributed by atoms with Crippen molar-refractivity contribution in [2.24, 2.45) is 5.92 Å². The van der Waals surface area contributed by atoms with Crippen molar-refractivity contribution in [3.8, 4) is 0 Å². The van der Waals surface area contributed by atoms with Gasteiger partial charge in [0.2, 0.25) is 5.91 Å². The Morgan fingerprint density at radius 1 is 1.22 bits per heavy atom. The molecule has 0 heterocycles. The molecule has 1 rings (SSSR count). The van der Waals surface area contributed by atoms with Gasteiger partial charge in [-0.2, -0.15) is 13.2 Å². The summed E-state index contributed by atoms with van der Waals surface area (Å²) in [7, 11) is 0. The van der Waals surface area contributed by atoms with Crippen molar-refractivity contribution >= 4 is 5.91 Å². The molecule has 1 aromatic rings. The normalized spacial score (nSPS) is 14.9. The molecule has 0 unspecified atom stereocenters. The second kappa shape index (κ2) is 5.89. The molecule has 1 aromatic carbocycles. The number of amides is 1. The van der Waals surface area contributed by atoms with Crippen LogP contribution < -0.4 is 5.32 Å². The second-order valence-corrected chi connectivity index (χ2v) is 4.36. The Morgan fingerprint density at radius 3 is 2.28 bits per heavy atom. The largest absolute Gasteiger partial charge is 0.389 e. The Labute approximate surface area is 104 Å². The van der Waals surface area contributed by atoms with Gasteiger partial charge in [0, 0.05) is 5.92 Å². The van der Waals surface area contributed by atoms with E-state index in [4.69, 9.17) is 0 Å². The molecule has 0 radical (unpaired) electrons. The highest BCUT2D eigenvalue weighted by atomic mass is 19.4. The molecule has 2 atom stereocenters. The number of benzene rings is 1. The monoisotopic (exact) mass is 259 g/mol. The third kappa shape index (κ3) is 4.77. The van der Waals surface area contributed by atoms with E-state index in [-0.39, 0.29) is 6.04 Å². The highest BCUT2D eigenvalue weighted by Crippen LogP contribution is 2.25. The maximum atomic E-state index is 12.1. The van der Waals surface area contributed by atoms with Gasteiger partial charge in [0.25, 0.3) is 0 Å². The molecule has 100 valence electrons. The molecule has 0 aromatic heterocycles. The Kier molecular flexibility index (Phi) is 4.76. The van der Waals surface area contributed by atoms with Crippen molar-refractivity contribution < 1.29 is 18.0 Å². The van der Waals surface area contributed by atoms with Crippen LogP contribution in [0, 0.1) is 5.92 Å². The molecule has 1 amide bonds. The molecule has 0 aliphatic heterocycles. The lowest BCUT2D eigenvalue weighted by Gasteiger charge is -2.18. The Hall–Kier alpha value is -1.52. The molecule has 0 spiro atoms. The molecule has 18 heavy (non-hydrogen) atoms. The summed E-state index contributed by atoms with van der Waals surface area (Å²) in [6.07, 6.45) is -5.41. The molecule has 0 saturated heterocycles. The van der Waals surface area contributed by atoms with Gasteiger partial charge in [-0.15, -0.1) is 0 Å². The molecule has 1 N–H and O–H groups in total. The van der Waals surface area contributed by atoms with Crippen LogP contribution in [0.2, 0.25) is 0 Å². The van der Waals surface area contributed by atoms with Gasteiger partial charge in [-0.25, -0.2) is 0 Å². The quantitative estimate of drug-likeness (QED) is 0.881. The number of halogens is 3. The number of carbonyl (C=O) groups is 1. The predicted octanol–water partition coefficient (Wildman–Crippen LogP) is 3.45. The number of alkyl halides is 3. The summed E-state index contributed by atoms with van der Waals surface area (Å²) < 4.78 is 36.4. The summed E-state index contributed by atoms with van der Waals surface area (Å²) in [6.45, 7) is 3.02. The first-order valence-electron chi connectivity index (χ1n) is 5.71. The zero-order chi connectivity index (χ0) is 13.8. The maximum Gasteiger partial charge on any atom is 0.389 e. The highest BCUT2D eigenvalue weighted by molar-refractivity contribution is 5.78. The van der Waals surface area contributed by atoms with Crippen LogP contribution in [0.4, 0.5) is 13.2 Å². The van der Waals surface area contributed by atoms with E-state index in [1.165, 1.54) is 6.92 Å². The van der Waals surface area contributed by atoms with E-state index >= 15 is 0 Å². The molecule has 0 bridgehead atoms. The Morgan fingerprint density at radius 2 is 1.78 bits per heavy atom. The Bertz CT molecular complexity index is 389. The van der Waals surface area contributed by atoms with Gasteiger partial charge in [0.15, 0.2) is 0 Å². The molecule has 5 heteroatoms. The summed E-state index contributed by atoms with van der Waals surface area (Å²) in [6, 6.07) is 8.81. The molecular weight excluding hydrogens is 243 g/mol. The second-order valence-electron chi connectivity index (χ2n) is 4.36. The molecule has 0 aliphatic rings. The van der Waals surface area contributed by atoms with E-state index in [2.05, 4.69) is 5.32 Å². The van der Waals surface area contributed by atoms with Gasteiger partial charge in [-0.1, -0.05) is 37.3 Å². The van der Waals surface area contributed by atoms with E-state index in [0.717, 1.165) is 5.56 Å². The van der Waals surface area contributed by atoms with Crippen molar-refractivity contribution in [1.82, 2.24) is 5.32 Å². The van der Waals surface area contributed by atoms with E-state index in [1.807, 2.05) is 30.3 Å². The maximum absolute atomic E-state index is 12.1. The van der Waals surface area contributed by atoms with Gasteiger partial charge < -0.3 is 5.32 Å². The molecule has 0 saturated carbocycles. The Balaban J connectivity index is 2.55. The average molecular weight is 259 g/mol. The first kappa shape index (κ1) is 14.5. The summed E-state index contributed by atoms with van der Waals surface area (Å²) in [5.41, 5.74) is 0.866. The van der Waals surface area contributed by atoms with Gasteiger partial charge in [-0.05, 0) is 12.5 Å². The van der Waals surface area contributed by atoms with Crippen LogP contribution in [0.1, 0.15) is 31.9 Å². The number of carbonyl (C=O) groups excluding carboxylic acids is 1. The number of rotatable bonds is 4. The van der Waals surface area contributed by atoms with Crippen molar-refractivity contribution in [2.45, 2.75) is 32.5 Å². The lowest BCUT2D eigenvalue weighted by atomic mass is 10.0. The molecular formula is C13H16F3NO. The topological polar surface area (TPSA) is 29.1 Å². The van der Waals surface area contributed by atoms with Crippen LogP contribution in [0.25, 0.3) is 0 Å². The molecule has 2 nitrogen and oxygen atoms in total. The number of hydrogen-bond acceptors (Lipinski definition) is 1. The molecule has 0 aliphatic carbocycles. The SMILES string of the molecule is C[C@H](NC(=O)[C@@H](C)CC(F)(F)F)c1ccccc1. The smallest absolute Gasteiger partial charge is 0.349 e. The average Bonchev–Trinajstić information content (AvgIpc) is 2.27. The summed E-state index contributed by atoms with van der Waals surface area (Å²) in [4.78, 5) is 11.6. The standard InChI is InChI=1S/C13H16F3NO/c1-9(8-13(14,15)16)12(18)17-10(2)11-6-4-3-5-7-11/h3-7,9-10H,8H2,1-2H3,(H,17,18)/t9-,10-/m0/s1.